The van der Waals surface area contributed by atoms with Crippen molar-refractivity contribution in [3.05, 3.63) is 0 Å². The Morgan fingerprint density at radius 1 is 1.12 bits per heavy atom. The Bertz CT molecular complexity index is 280. The lowest BCUT2D eigenvalue weighted by Gasteiger charge is -2.43. The van der Waals surface area contributed by atoms with Crippen molar-refractivity contribution in [3.8, 4) is 0 Å². The van der Waals surface area contributed by atoms with Gasteiger partial charge in [0.2, 0.25) is 5.79 Å². The first-order valence-electron chi connectivity index (χ1n) is 5.34. The Morgan fingerprint density at radius 3 is 2.25 bits per heavy atom. The van der Waals surface area contributed by atoms with Gasteiger partial charge in [0.1, 0.15) is 18.3 Å². The minimum Gasteiger partial charge on any atom is -0.391 e. The summed E-state index contributed by atoms with van der Waals surface area (Å²) >= 11 is 0. The van der Waals surface area contributed by atoms with E-state index in [1.54, 1.807) is 20.8 Å². The molecule has 0 saturated carbocycles. The summed E-state index contributed by atoms with van der Waals surface area (Å²) in [6.45, 7) is 4.46. The molecule has 5 atom stereocenters. The Balaban J connectivity index is 2.24. The van der Waals surface area contributed by atoms with Gasteiger partial charge in [0.25, 0.3) is 0 Å². The smallest absolute Gasteiger partial charge is 0.219 e. The maximum atomic E-state index is 9.91. The highest BCUT2D eigenvalue weighted by Crippen LogP contribution is 2.39. The minimum atomic E-state index is -1.98. The number of fused-ring (bicyclic) bond motifs is 1. The predicted molar refractivity (Wildman–Crippen MR) is 52.4 cm³/mol. The zero-order valence-corrected chi connectivity index (χ0v) is 9.58. The van der Waals surface area contributed by atoms with Crippen LogP contribution in [0.4, 0.5) is 0 Å². The highest BCUT2D eigenvalue weighted by molar-refractivity contribution is 5.00. The number of aliphatic hydroxyl groups is 3. The van der Waals surface area contributed by atoms with Gasteiger partial charge in [-0.3, -0.25) is 0 Å². The van der Waals surface area contributed by atoms with Gasteiger partial charge in [0, 0.05) is 0 Å². The van der Waals surface area contributed by atoms with E-state index in [1.807, 2.05) is 0 Å². The first-order chi connectivity index (χ1) is 7.29. The van der Waals surface area contributed by atoms with Crippen LogP contribution in [0.1, 0.15) is 20.8 Å². The summed E-state index contributed by atoms with van der Waals surface area (Å²) in [7, 11) is 0. The standard InChI is InChI=1S/C10H18O6/c1-5-6-7(16-9(2,3)15-6)8(12)10(13,4-11)14-5/h5-8,11-13H,4H2,1-3H3. The van der Waals surface area contributed by atoms with Crippen molar-refractivity contribution in [2.24, 2.45) is 0 Å². The van der Waals surface area contributed by atoms with E-state index in [-0.39, 0.29) is 0 Å². The number of hydrogen-bond donors (Lipinski definition) is 3. The first-order valence-corrected chi connectivity index (χ1v) is 5.34. The van der Waals surface area contributed by atoms with Crippen LogP contribution in [0.3, 0.4) is 0 Å². The molecular formula is C10H18O6. The van der Waals surface area contributed by atoms with Crippen LogP contribution in [0.5, 0.6) is 0 Å². The second-order valence-electron chi connectivity index (χ2n) is 4.84. The summed E-state index contributed by atoms with van der Waals surface area (Å²) in [5.74, 6) is -2.81. The molecular weight excluding hydrogens is 216 g/mol. The fraction of sp³-hybridized carbons (Fsp3) is 1.00. The Hall–Kier alpha value is -0.240. The molecule has 2 heterocycles. The van der Waals surface area contributed by atoms with E-state index in [1.165, 1.54) is 0 Å². The van der Waals surface area contributed by atoms with Crippen molar-refractivity contribution in [3.63, 3.8) is 0 Å². The molecule has 2 aliphatic heterocycles. The monoisotopic (exact) mass is 234 g/mol. The third kappa shape index (κ3) is 1.75. The van der Waals surface area contributed by atoms with Gasteiger partial charge in [-0.1, -0.05) is 0 Å². The topological polar surface area (TPSA) is 88.4 Å². The molecule has 16 heavy (non-hydrogen) atoms. The molecule has 0 aliphatic carbocycles. The van der Waals surface area contributed by atoms with Crippen molar-refractivity contribution in [1.82, 2.24) is 0 Å². The molecule has 2 fully saturated rings. The number of rotatable bonds is 1. The summed E-state index contributed by atoms with van der Waals surface area (Å²) in [6, 6.07) is 0. The van der Waals surface area contributed by atoms with Crippen molar-refractivity contribution < 1.29 is 29.5 Å². The third-order valence-electron chi connectivity index (χ3n) is 3.02. The van der Waals surface area contributed by atoms with Crippen LogP contribution in [0, 0.1) is 0 Å². The van der Waals surface area contributed by atoms with E-state index in [2.05, 4.69) is 0 Å². The van der Waals surface area contributed by atoms with E-state index < -0.39 is 42.6 Å². The quantitative estimate of drug-likeness (QED) is 0.537. The SMILES string of the molecule is CC1OC(O)(CO)C(O)C2OC(C)(C)OC12. The lowest BCUT2D eigenvalue weighted by atomic mass is 9.93. The molecule has 6 heteroatoms. The van der Waals surface area contributed by atoms with Gasteiger partial charge in [-0.15, -0.1) is 0 Å². The summed E-state index contributed by atoms with van der Waals surface area (Å²) in [5, 5.41) is 28.8. The van der Waals surface area contributed by atoms with Crippen molar-refractivity contribution in [1.29, 1.82) is 0 Å². The fourth-order valence-corrected chi connectivity index (χ4v) is 2.27. The number of ether oxygens (including phenoxy) is 3. The molecule has 0 aromatic rings. The van der Waals surface area contributed by atoms with Gasteiger partial charge in [0.15, 0.2) is 5.79 Å². The second kappa shape index (κ2) is 3.63. The average Bonchev–Trinajstić information content (AvgIpc) is 2.52. The largest absolute Gasteiger partial charge is 0.391 e. The van der Waals surface area contributed by atoms with Crippen molar-refractivity contribution in [2.75, 3.05) is 6.61 Å². The van der Waals surface area contributed by atoms with Gasteiger partial charge < -0.3 is 29.5 Å². The fourth-order valence-electron chi connectivity index (χ4n) is 2.27. The molecule has 0 radical (unpaired) electrons. The van der Waals surface area contributed by atoms with Gasteiger partial charge >= 0.3 is 0 Å². The Labute approximate surface area is 93.7 Å². The minimum absolute atomic E-state index is 0.447. The molecule has 5 unspecified atom stereocenters. The molecule has 0 aromatic carbocycles. The van der Waals surface area contributed by atoms with Gasteiger partial charge in [0.05, 0.1) is 12.7 Å². The van der Waals surface area contributed by atoms with Crippen LogP contribution in [0.15, 0.2) is 0 Å². The van der Waals surface area contributed by atoms with Gasteiger partial charge in [-0.25, -0.2) is 0 Å². The van der Waals surface area contributed by atoms with E-state index in [0.29, 0.717) is 0 Å². The zero-order chi connectivity index (χ0) is 12.1. The van der Waals surface area contributed by atoms with E-state index in [0.717, 1.165) is 0 Å². The molecule has 0 bridgehead atoms. The van der Waals surface area contributed by atoms with Crippen molar-refractivity contribution >= 4 is 0 Å². The molecule has 2 rings (SSSR count). The predicted octanol–water partition coefficient (Wildman–Crippen LogP) is -1.03. The number of aliphatic hydroxyl groups excluding tert-OH is 2. The molecule has 0 aromatic heterocycles. The summed E-state index contributed by atoms with van der Waals surface area (Å²) < 4.78 is 16.3. The summed E-state index contributed by atoms with van der Waals surface area (Å²) in [4.78, 5) is 0. The maximum absolute atomic E-state index is 9.91. The van der Waals surface area contributed by atoms with Crippen LogP contribution < -0.4 is 0 Å². The summed E-state index contributed by atoms with van der Waals surface area (Å²) in [5.41, 5.74) is 0. The third-order valence-corrected chi connectivity index (χ3v) is 3.02. The normalized spacial score (nSPS) is 51.4. The molecule has 94 valence electrons. The van der Waals surface area contributed by atoms with Gasteiger partial charge in [-0.05, 0) is 20.8 Å². The second-order valence-corrected chi connectivity index (χ2v) is 4.84. The van der Waals surface area contributed by atoms with Crippen LogP contribution in [-0.2, 0) is 14.2 Å². The molecule has 3 N–H and O–H groups in total. The highest BCUT2D eigenvalue weighted by atomic mass is 16.8. The van der Waals surface area contributed by atoms with Gasteiger partial charge in [-0.2, -0.15) is 0 Å². The van der Waals surface area contributed by atoms with E-state index >= 15 is 0 Å². The molecule has 2 saturated heterocycles. The van der Waals surface area contributed by atoms with E-state index in [4.69, 9.17) is 19.3 Å². The number of hydrogen-bond acceptors (Lipinski definition) is 6. The van der Waals surface area contributed by atoms with Crippen LogP contribution in [0.2, 0.25) is 0 Å². The molecule has 2 aliphatic rings. The molecule has 0 amide bonds. The van der Waals surface area contributed by atoms with E-state index in [9.17, 15) is 10.2 Å². The molecule has 0 spiro atoms. The van der Waals surface area contributed by atoms with Crippen molar-refractivity contribution in [2.45, 2.75) is 56.8 Å². The highest BCUT2D eigenvalue weighted by Gasteiger charge is 2.58. The van der Waals surface area contributed by atoms with Crippen LogP contribution in [0.25, 0.3) is 0 Å². The lowest BCUT2D eigenvalue weighted by Crippen LogP contribution is -2.64. The Morgan fingerprint density at radius 2 is 1.69 bits per heavy atom. The average molecular weight is 234 g/mol. The Kier molecular flexibility index (Phi) is 2.77. The first kappa shape index (κ1) is 12.2. The van der Waals surface area contributed by atoms with Crippen LogP contribution in [-0.4, -0.2) is 57.9 Å². The maximum Gasteiger partial charge on any atom is 0.219 e. The molecule has 6 nitrogen and oxygen atoms in total. The lowest BCUT2D eigenvalue weighted by molar-refractivity contribution is -0.337. The van der Waals surface area contributed by atoms with Crippen LogP contribution >= 0.6 is 0 Å². The summed E-state index contributed by atoms with van der Waals surface area (Å²) in [6.07, 6.45) is -2.94. The zero-order valence-electron chi connectivity index (χ0n) is 9.58.